The number of H-pyrrole nitrogens is 2. The molecule has 0 saturated carbocycles. The number of ether oxygens (including phenoxy) is 1. The minimum atomic E-state index is -0.901. The van der Waals surface area contributed by atoms with Crippen LogP contribution in [-0.2, 0) is 9.53 Å². The lowest BCUT2D eigenvalue weighted by Gasteiger charge is -2.35. The molecule has 0 bridgehead atoms. The molecule has 2 rings (SSSR count). The molecule has 1 aliphatic heterocycles. The Balaban J connectivity index is 1.96. The van der Waals surface area contributed by atoms with Crippen LogP contribution in [0.15, 0.2) is 15.7 Å². The topological polar surface area (TPSA) is 112 Å². The number of hydrogen-bond donors (Lipinski definition) is 2. The number of piperidine rings is 1. The molecule has 0 aromatic carbocycles. The predicted octanol–water partition coefficient (Wildman–Crippen LogP) is 0.0111. The molecule has 1 amide bonds. The number of amides is 1. The molecule has 1 fully saturated rings. The van der Waals surface area contributed by atoms with Crippen molar-refractivity contribution >= 4 is 11.9 Å². The molecule has 1 aliphatic rings. The second kappa shape index (κ2) is 7.06. The number of carbonyl (C=O) groups is 2. The molecule has 2 N–H and O–H groups in total. The van der Waals surface area contributed by atoms with Crippen molar-refractivity contribution in [1.82, 2.24) is 14.9 Å². The second-order valence-electron chi connectivity index (χ2n) is 5.22. The van der Waals surface area contributed by atoms with Crippen LogP contribution in [0, 0.1) is 0 Å². The van der Waals surface area contributed by atoms with Crippen molar-refractivity contribution in [3.63, 3.8) is 0 Å². The fourth-order valence-corrected chi connectivity index (χ4v) is 2.62. The Kier molecular flexibility index (Phi) is 5.13. The molecule has 1 atom stereocenters. The first-order chi connectivity index (χ1) is 10.5. The molecule has 8 heteroatoms. The molecule has 1 unspecified atom stereocenters. The van der Waals surface area contributed by atoms with Gasteiger partial charge < -0.3 is 14.6 Å². The Hall–Kier alpha value is -2.38. The van der Waals surface area contributed by atoms with Crippen molar-refractivity contribution in [2.24, 2.45) is 0 Å². The van der Waals surface area contributed by atoms with Gasteiger partial charge in [-0.25, -0.2) is 9.59 Å². The van der Waals surface area contributed by atoms with Crippen LogP contribution < -0.4 is 11.2 Å². The first-order valence-electron chi connectivity index (χ1n) is 7.31. The zero-order valence-electron chi connectivity index (χ0n) is 12.4. The SMILES string of the molecule is CCC1CCCCN1C(=O)COC(=O)c1cc(=O)[nH]c(=O)[nH]1. The third kappa shape index (κ3) is 3.84. The van der Waals surface area contributed by atoms with Gasteiger partial charge in [0.25, 0.3) is 11.5 Å². The maximum Gasteiger partial charge on any atom is 0.355 e. The molecule has 2 heterocycles. The molecular weight excluding hydrogens is 290 g/mol. The Morgan fingerprint density at radius 3 is 2.77 bits per heavy atom. The van der Waals surface area contributed by atoms with E-state index in [0.29, 0.717) is 6.54 Å². The average Bonchev–Trinajstić information content (AvgIpc) is 2.51. The Bertz CT molecular complexity index is 635. The summed E-state index contributed by atoms with van der Waals surface area (Å²) in [5.41, 5.74) is -1.77. The highest BCUT2D eigenvalue weighted by Gasteiger charge is 2.26. The van der Waals surface area contributed by atoms with Crippen LogP contribution in [-0.4, -0.2) is 45.9 Å². The smallest absolute Gasteiger partial charge is 0.355 e. The van der Waals surface area contributed by atoms with Gasteiger partial charge in [-0.15, -0.1) is 0 Å². The summed E-state index contributed by atoms with van der Waals surface area (Å²) < 4.78 is 4.89. The van der Waals surface area contributed by atoms with Crippen molar-refractivity contribution in [2.45, 2.75) is 38.6 Å². The molecule has 0 aliphatic carbocycles. The minimum absolute atomic E-state index is 0.180. The first-order valence-corrected chi connectivity index (χ1v) is 7.31. The molecule has 120 valence electrons. The number of nitrogens with zero attached hydrogens (tertiary/aromatic N) is 1. The lowest BCUT2D eigenvalue weighted by atomic mass is 10.00. The van der Waals surface area contributed by atoms with Gasteiger partial charge in [-0.05, 0) is 25.7 Å². The summed E-state index contributed by atoms with van der Waals surface area (Å²) in [4.78, 5) is 52.0. The van der Waals surface area contributed by atoms with E-state index >= 15 is 0 Å². The van der Waals surface area contributed by atoms with Crippen LogP contribution >= 0.6 is 0 Å². The second-order valence-corrected chi connectivity index (χ2v) is 5.22. The van der Waals surface area contributed by atoms with Crippen LogP contribution in [0.2, 0.25) is 0 Å². The van der Waals surface area contributed by atoms with Crippen molar-refractivity contribution in [1.29, 1.82) is 0 Å². The van der Waals surface area contributed by atoms with Crippen molar-refractivity contribution < 1.29 is 14.3 Å². The summed E-state index contributed by atoms with van der Waals surface area (Å²) in [5.74, 6) is -1.16. The third-order valence-electron chi connectivity index (χ3n) is 3.73. The van der Waals surface area contributed by atoms with Crippen LogP contribution in [0.25, 0.3) is 0 Å². The van der Waals surface area contributed by atoms with Gasteiger partial charge in [0, 0.05) is 18.7 Å². The summed E-state index contributed by atoms with van der Waals surface area (Å²) in [6.07, 6.45) is 3.85. The van der Waals surface area contributed by atoms with E-state index in [2.05, 4.69) is 4.98 Å². The summed E-state index contributed by atoms with van der Waals surface area (Å²) in [6.45, 7) is 2.28. The lowest BCUT2D eigenvalue weighted by molar-refractivity contribution is -0.138. The van der Waals surface area contributed by atoms with E-state index in [9.17, 15) is 19.2 Å². The highest BCUT2D eigenvalue weighted by Crippen LogP contribution is 2.19. The normalized spacial score (nSPS) is 18.0. The Labute approximate surface area is 126 Å². The molecule has 1 aromatic rings. The van der Waals surface area contributed by atoms with Crippen LogP contribution in [0.1, 0.15) is 43.1 Å². The number of nitrogens with one attached hydrogen (secondary N) is 2. The monoisotopic (exact) mass is 309 g/mol. The standard InChI is InChI=1S/C14H19N3O5/c1-2-9-5-3-4-6-17(9)12(19)8-22-13(20)10-7-11(18)16-14(21)15-10/h7,9H,2-6,8H2,1H3,(H2,15,16,18,21). The van der Waals surface area contributed by atoms with Crippen molar-refractivity contribution in [2.75, 3.05) is 13.2 Å². The van der Waals surface area contributed by atoms with Gasteiger partial charge in [0.15, 0.2) is 6.61 Å². The molecule has 1 aromatic heterocycles. The highest BCUT2D eigenvalue weighted by molar-refractivity contribution is 5.89. The summed E-state index contributed by atoms with van der Waals surface area (Å²) in [7, 11) is 0. The maximum absolute atomic E-state index is 12.1. The zero-order valence-corrected chi connectivity index (χ0v) is 12.4. The van der Waals surface area contributed by atoms with Gasteiger partial charge >= 0.3 is 11.7 Å². The van der Waals surface area contributed by atoms with E-state index in [1.54, 1.807) is 4.90 Å². The van der Waals surface area contributed by atoms with Gasteiger partial charge in [-0.2, -0.15) is 0 Å². The quantitative estimate of drug-likeness (QED) is 0.761. The van der Waals surface area contributed by atoms with Gasteiger partial charge in [-0.1, -0.05) is 6.92 Å². The number of aromatic nitrogens is 2. The molecular formula is C14H19N3O5. The largest absolute Gasteiger partial charge is 0.451 e. The van der Waals surface area contributed by atoms with E-state index in [-0.39, 0.29) is 17.6 Å². The van der Waals surface area contributed by atoms with Gasteiger partial charge in [0.05, 0.1) is 0 Å². The summed E-state index contributed by atoms with van der Waals surface area (Å²) in [6, 6.07) is 1.10. The predicted molar refractivity (Wildman–Crippen MR) is 77.6 cm³/mol. The minimum Gasteiger partial charge on any atom is -0.451 e. The van der Waals surface area contributed by atoms with E-state index in [4.69, 9.17) is 4.74 Å². The summed E-state index contributed by atoms with van der Waals surface area (Å²) in [5, 5.41) is 0. The number of rotatable bonds is 4. The third-order valence-corrected chi connectivity index (χ3v) is 3.73. The number of hydrogen-bond acceptors (Lipinski definition) is 5. The van der Waals surface area contributed by atoms with Crippen molar-refractivity contribution in [3.05, 3.63) is 32.6 Å². The molecule has 8 nitrogen and oxygen atoms in total. The van der Waals surface area contributed by atoms with E-state index < -0.39 is 23.8 Å². The molecule has 0 spiro atoms. The summed E-state index contributed by atoms with van der Waals surface area (Å²) >= 11 is 0. The zero-order chi connectivity index (χ0) is 16.1. The number of esters is 1. The number of aromatic amines is 2. The van der Waals surface area contributed by atoms with E-state index in [1.165, 1.54) is 0 Å². The fraction of sp³-hybridized carbons (Fsp3) is 0.571. The molecule has 0 radical (unpaired) electrons. The van der Waals surface area contributed by atoms with Crippen LogP contribution in [0.4, 0.5) is 0 Å². The Morgan fingerprint density at radius 2 is 2.09 bits per heavy atom. The average molecular weight is 309 g/mol. The van der Waals surface area contributed by atoms with Crippen molar-refractivity contribution in [3.8, 4) is 0 Å². The van der Waals surface area contributed by atoms with Gasteiger partial charge in [-0.3, -0.25) is 14.6 Å². The highest BCUT2D eigenvalue weighted by atomic mass is 16.5. The van der Waals surface area contributed by atoms with Gasteiger partial charge in [0.2, 0.25) is 0 Å². The van der Waals surface area contributed by atoms with Crippen LogP contribution in [0.5, 0.6) is 0 Å². The lowest BCUT2D eigenvalue weighted by Crippen LogP contribution is -2.45. The van der Waals surface area contributed by atoms with Gasteiger partial charge in [0.1, 0.15) is 5.69 Å². The first kappa shape index (κ1) is 16.0. The Morgan fingerprint density at radius 1 is 1.32 bits per heavy atom. The van der Waals surface area contributed by atoms with E-state index in [1.807, 2.05) is 11.9 Å². The molecule has 1 saturated heterocycles. The number of likely N-dealkylation sites (tertiary alicyclic amines) is 1. The number of carbonyl (C=O) groups excluding carboxylic acids is 2. The van der Waals surface area contributed by atoms with Crippen LogP contribution in [0.3, 0.4) is 0 Å². The van der Waals surface area contributed by atoms with E-state index in [0.717, 1.165) is 31.7 Å². The molecule has 22 heavy (non-hydrogen) atoms. The fourth-order valence-electron chi connectivity index (χ4n) is 2.62. The maximum atomic E-state index is 12.1.